The number of hydrogen-bond donors (Lipinski definition) is 1. The first-order valence-electron chi connectivity index (χ1n) is 4.62. The van der Waals surface area contributed by atoms with Gasteiger partial charge < -0.3 is 14.4 Å². The number of aromatic nitrogens is 3. The average Bonchev–Trinajstić information content (AvgIpc) is 2.59. The summed E-state index contributed by atoms with van der Waals surface area (Å²) in [5, 5.41) is 18.2. The maximum atomic E-state index is 10.5. The molecule has 1 aliphatic rings. The summed E-state index contributed by atoms with van der Waals surface area (Å²) in [5.41, 5.74) is -1.36. The molecule has 14 heavy (non-hydrogen) atoms. The molecule has 0 aromatic carbocycles. The first-order valence-corrected chi connectivity index (χ1v) is 4.62. The van der Waals surface area contributed by atoms with Crippen molar-refractivity contribution in [3.05, 3.63) is 12.2 Å². The average molecular weight is 197 g/mol. The van der Waals surface area contributed by atoms with Crippen molar-refractivity contribution in [1.82, 2.24) is 14.8 Å². The fraction of sp³-hybridized carbons (Fsp3) is 0.778. The van der Waals surface area contributed by atoms with E-state index in [1.54, 1.807) is 10.9 Å². The molecule has 0 saturated carbocycles. The highest BCUT2D eigenvalue weighted by atomic mass is 16.5. The van der Waals surface area contributed by atoms with Crippen LogP contribution in [-0.2, 0) is 17.4 Å². The van der Waals surface area contributed by atoms with E-state index in [1.807, 2.05) is 20.9 Å². The van der Waals surface area contributed by atoms with Gasteiger partial charge in [-0.3, -0.25) is 0 Å². The fourth-order valence-corrected chi connectivity index (χ4v) is 1.79. The Bertz CT molecular complexity index is 348. The fourth-order valence-electron chi connectivity index (χ4n) is 1.79. The van der Waals surface area contributed by atoms with E-state index in [0.29, 0.717) is 12.4 Å². The lowest BCUT2D eigenvalue weighted by Gasteiger charge is -2.32. The second-order valence-electron chi connectivity index (χ2n) is 4.50. The van der Waals surface area contributed by atoms with E-state index in [2.05, 4.69) is 10.2 Å². The molecule has 1 saturated heterocycles. The maximum absolute atomic E-state index is 10.5. The molecule has 2 heterocycles. The third kappa shape index (κ3) is 1.09. The van der Waals surface area contributed by atoms with E-state index in [1.165, 1.54) is 0 Å². The van der Waals surface area contributed by atoms with Gasteiger partial charge in [0.15, 0.2) is 11.4 Å². The zero-order valence-corrected chi connectivity index (χ0v) is 8.69. The van der Waals surface area contributed by atoms with E-state index in [9.17, 15) is 5.11 Å². The molecule has 1 aromatic heterocycles. The third-order valence-corrected chi connectivity index (χ3v) is 2.97. The lowest BCUT2D eigenvalue weighted by atomic mass is 9.77. The molecule has 78 valence electrons. The second-order valence-corrected chi connectivity index (χ2v) is 4.50. The van der Waals surface area contributed by atoms with Crippen molar-refractivity contribution in [3.63, 3.8) is 0 Å². The van der Waals surface area contributed by atoms with Crippen molar-refractivity contribution in [1.29, 1.82) is 0 Å². The Morgan fingerprint density at radius 3 is 2.64 bits per heavy atom. The Kier molecular flexibility index (Phi) is 1.90. The van der Waals surface area contributed by atoms with Gasteiger partial charge in [-0.25, -0.2) is 0 Å². The molecule has 0 amide bonds. The summed E-state index contributed by atoms with van der Waals surface area (Å²) in [6.45, 7) is 4.76. The van der Waals surface area contributed by atoms with Crippen molar-refractivity contribution in [2.75, 3.05) is 13.2 Å². The quantitative estimate of drug-likeness (QED) is 0.691. The Morgan fingerprint density at radius 1 is 1.50 bits per heavy atom. The van der Waals surface area contributed by atoms with Gasteiger partial charge in [0, 0.05) is 12.5 Å². The Labute approximate surface area is 82.7 Å². The molecule has 0 bridgehead atoms. The molecule has 0 spiro atoms. The zero-order chi connectivity index (χ0) is 10.4. The highest BCUT2D eigenvalue weighted by molar-refractivity contribution is 5.11. The van der Waals surface area contributed by atoms with Crippen LogP contribution in [-0.4, -0.2) is 33.1 Å². The molecule has 5 nitrogen and oxygen atoms in total. The number of aryl methyl sites for hydroxylation is 1. The summed E-state index contributed by atoms with van der Waals surface area (Å²) in [7, 11) is 1.82. The minimum Gasteiger partial charge on any atom is -0.379 e. The predicted octanol–water partition coefficient (Wildman–Crippen LogP) is 0.0591. The van der Waals surface area contributed by atoms with Gasteiger partial charge in [0.25, 0.3) is 0 Å². The Balaban J connectivity index is 2.47. The summed E-state index contributed by atoms with van der Waals surface area (Å²) in [6.07, 6.45) is 1.59. The summed E-state index contributed by atoms with van der Waals surface area (Å²) in [4.78, 5) is 0. The molecule has 1 unspecified atom stereocenters. The maximum Gasteiger partial charge on any atom is 0.167 e. The zero-order valence-electron chi connectivity index (χ0n) is 8.69. The highest BCUT2D eigenvalue weighted by Crippen LogP contribution is 2.43. The van der Waals surface area contributed by atoms with Crippen LogP contribution < -0.4 is 0 Å². The Hall–Kier alpha value is -0.940. The number of nitrogens with zero attached hydrogens (tertiary/aromatic N) is 3. The minimum absolute atomic E-state index is 0.284. The van der Waals surface area contributed by atoms with Crippen LogP contribution in [0.15, 0.2) is 6.33 Å². The first-order chi connectivity index (χ1) is 6.47. The molecule has 1 N–H and O–H groups in total. The SMILES string of the molecule is Cn1cnnc1C1(O)COCC1(C)C. The van der Waals surface area contributed by atoms with Crippen LogP contribution in [0.4, 0.5) is 0 Å². The van der Waals surface area contributed by atoms with Gasteiger partial charge in [-0.1, -0.05) is 13.8 Å². The smallest absolute Gasteiger partial charge is 0.167 e. The monoisotopic (exact) mass is 197 g/mol. The van der Waals surface area contributed by atoms with Crippen LogP contribution in [0.25, 0.3) is 0 Å². The predicted molar refractivity (Wildman–Crippen MR) is 49.5 cm³/mol. The van der Waals surface area contributed by atoms with Gasteiger partial charge in [0.1, 0.15) is 6.33 Å². The van der Waals surface area contributed by atoms with Crippen LogP contribution in [0.3, 0.4) is 0 Å². The van der Waals surface area contributed by atoms with E-state index in [4.69, 9.17) is 4.74 Å². The lowest BCUT2D eigenvalue weighted by Crippen LogP contribution is -2.42. The van der Waals surface area contributed by atoms with Crippen molar-refractivity contribution >= 4 is 0 Å². The van der Waals surface area contributed by atoms with Crippen LogP contribution in [0, 0.1) is 5.41 Å². The standard InChI is InChI=1S/C9H15N3O2/c1-8(2)4-14-5-9(8,13)7-11-10-6-12(7)3/h6,13H,4-5H2,1-3H3. The van der Waals surface area contributed by atoms with Gasteiger partial charge in [-0.2, -0.15) is 0 Å². The molecule has 0 aliphatic carbocycles. The third-order valence-electron chi connectivity index (χ3n) is 2.97. The molecule has 5 heteroatoms. The topological polar surface area (TPSA) is 60.2 Å². The van der Waals surface area contributed by atoms with Gasteiger partial charge >= 0.3 is 0 Å². The van der Waals surface area contributed by atoms with Crippen LogP contribution in [0.1, 0.15) is 19.7 Å². The van der Waals surface area contributed by atoms with E-state index >= 15 is 0 Å². The summed E-state index contributed by atoms with van der Waals surface area (Å²) < 4.78 is 7.06. The van der Waals surface area contributed by atoms with E-state index in [0.717, 1.165) is 0 Å². The summed E-state index contributed by atoms with van der Waals surface area (Å²) in [5.74, 6) is 0.569. The summed E-state index contributed by atoms with van der Waals surface area (Å²) in [6, 6.07) is 0. The van der Waals surface area contributed by atoms with E-state index < -0.39 is 5.60 Å². The number of rotatable bonds is 1. The molecule has 1 fully saturated rings. The molecule has 0 radical (unpaired) electrons. The normalized spacial score (nSPS) is 30.9. The van der Waals surface area contributed by atoms with E-state index in [-0.39, 0.29) is 12.0 Å². The first kappa shape index (κ1) is 9.61. The van der Waals surface area contributed by atoms with Crippen molar-refractivity contribution < 1.29 is 9.84 Å². The highest BCUT2D eigenvalue weighted by Gasteiger charge is 2.52. The lowest BCUT2D eigenvalue weighted by molar-refractivity contribution is -0.0484. The van der Waals surface area contributed by atoms with Crippen LogP contribution >= 0.6 is 0 Å². The molecule has 1 aromatic rings. The number of aliphatic hydroxyl groups is 1. The largest absolute Gasteiger partial charge is 0.379 e. The van der Waals surface area contributed by atoms with Crippen LogP contribution in [0.2, 0.25) is 0 Å². The van der Waals surface area contributed by atoms with Crippen molar-refractivity contribution in [2.45, 2.75) is 19.4 Å². The Morgan fingerprint density at radius 2 is 2.21 bits per heavy atom. The van der Waals surface area contributed by atoms with Gasteiger partial charge in [0.05, 0.1) is 13.2 Å². The second kappa shape index (κ2) is 2.77. The summed E-state index contributed by atoms with van der Waals surface area (Å²) >= 11 is 0. The molecule has 1 atom stereocenters. The number of hydrogen-bond acceptors (Lipinski definition) is 4. The van der Waals surface area contributed by atoms with Crippen molar-refractivity contribution in [2.24, 2.45) is 12.5 Å². The number of ether oxygens (including phenoxy) is 1. The van der Waals surface area contributed by atoms with Gasteiger partial charge in [0.2, 0.25) is 0 Å². The van der Waals surface area contributed by atoms with Gasteiger partial charge in [-0.15, -0.1) is 10.2 Å². The van der Waals surface area contributed by atoms with Crippen molar-refractivity contribution in [3.8, 4) is 0 Å². The molecular formula is C9H15N3O2. The molecular weight excluding hydrogens is 182 g/mol. The van der Waals surface area contributed by atoms with Gasteiger partial charge in [-0.05, 0) is 0 Å². The minimum atomic E-state index is -1.03. The molecule has 2 rings (SSSR count). The molecule has 1 aliphatic heterocycles. The van der Waals surface area contributed by atoms with Crippen LogP contribution in [0.5, 0.6) is 0 Å².